The molecular formula is C15H21NO4. The fraction of sp³-hybridized carbons (Fsp3) is 0.533. The van der Waals surface area contributed by atoms with E-state index < -0.39 is 5.97 Å². The van der Waals surface area contributed by atoms with E-state index in [0.717, 1.165) is 31.5 Å². The molecule has 1 fully saturated rings. The van der Waals surface area contributed by atoms with Crippen molar-refractivity contribution in [3.05, 3.63) is 35.4 Å². The van der Waals surface area contributed by atoms with Gasteiger partial charge in [-0.2, -0.15) is 0 Å². The van der Waals surface area contributed by atoms with Crippen LogP contribution in [0.3, 0.4) is 0 Å². The number of carboxylic acid groups (broad SMARTS) is 1. The minimum Gasteiger partial charge on any atom is -0.478 e. The number of benzene rings is 1. The minimum absolute atomic E-state index is 0.0173. The van der Waals surface area contributed by atoms with Crippen molar-refractivity contribution in [3.63, 3.8) is 0 Å². The van der Waals surface area contributed by atoms with Gasteiger partial charge in [-0.15, -0.1) is 0 Å². The maximum Gasteiger partial charge on any atom is 0.335 e. The number of hydrogen-bond donors (Lipinski definition) is 3. The molecule has 0 radical (unpaired) electrons. The van der Waals surface area contributed by atoms with Gasteiger partial charge in [0.15, 0.2) is 0 Å². The molecule has 0 spiro atoms. The van der Waals surface area contributed by atoms with Gasteiger partial charge in [-0.1, -0.05) is 12.1 Å². The van der Waals surface area contributed by atoms with Crippen molar-refractivity contribution in [3.8, 4) is 0 Å². The third-order valence-corrected chi connectivity index (χ3v) is 3.98. The predicted octanol–water partition coefficient (Wildman–Crippen LogP) is 0.602. The lowest BCUT2D eigenvalue weighted by Crippen LogP contribution is -2.39. The van der Waals surface area contributed by atoms with E-state index in [1.807, 2.05) is 12.1 Å². The summed E-state index contributed by atoms with van der Waals surface area (Å²) in [4.78, 5) is 12.9. The third kappa shape index (κ3) is 3.56. The highest BCUT2D eigenvalue weighted by Gasteiger charge is 2.27. The van der Waals surface area contributed by atoms with E-state index in [-0.39, 0.29) is 19.3 Å². The highest BCUT2D eigenvalue weighted by atomic mass is 16.4. The van der Waals surface area contributed by atoms with E-state index in [4.69, 9.17) is 5.11 Å². The lowest BCUT2D eigenvalue weighted by Gasteiger charge is -2.24. The number of aliphatic hydroxyl groups is 2. The summed E-state index contributed by atoms with van der Waals surface area (Å²) in [5, 5.41) is 27.2. The maximum atomic E-state index is 10.8. The lowest BCUT2D eigenvalue weighted by molar-refractivity contribution is 0.0697. The zero-order valence-corrected chi connectivity index (χ0v) is 11.4. The molecule has 1 atom stereocenters. The van der Waals surface area contributed by atoms with Crippen LogP contribution in [0.1, 0.15) is 22.3 Å². The van der Waals surface area contributed by atoms with Gasteiger partial charge in [-0.05, 0) is 43.0 Å². The summed E-state index contributed by atoms with van der Waals surface area (Å²) in [6, 6.07) is 6.83. The van der Waals surface area contributed by atoms with Crippen molar-refractivity contribution in [2.45, 2.75) is 18.9 Å². The second-order valence-electron chi connectivity index (χ2n) is 5.37. The van der Waals surface area contributed by atoms with Crippen LogP contribution in [0.5, 0.6) is 0 Å². The first-order valence-electron chi connectivity index (χ1n) is 6.92. The molecular weight excluding hydrogens is 258 g/mol. The molecule has 0 bridgehead atoms. The van der Waals surface area contributed by atoms with Crippen molar-refractivity contribution < 1.29 is 20.1 Å². The Morgan fingerprint density at radius 3 is 2.45 bits per heavy atom. The Morgan fingerprint density at radius 2 is 1.90 bits per heavy atom. The van der Waals surface area contributed by atoms with E-state index in [2.05, 4.69) is 4.90 Å². The highest BCUT2D eigenvalue weighted by molar-refractivity contribution is 5.87. The molecule has 5 nitrogen and oxygen atoms in total. The molecule has 0 aromatic heterocycles. The first kappa shape index (κ1) is 15.0. The quantitative estimate of drug-likeness (QED) is 0.710. The molecule has 2 rings (SSSR count). The number of aliphatic hydroxyl groups excluding tert-OH is 2. The maximum absolute atomic E-state index is 10.8. The van der Waals surface area contributed by atoms with Crippen LogP contribution in [-0.2, 0) is 6.42 Å². The highest BCUT2D eigenvalue weighted by Crippen LogP contribution is 2.22. The molecule has 0 aliphatic carbocycles. The molecule has 0 saturated carbocycles. The summed E-state index contributed by atoms with van der Waals surface area (Å²) in [7, 11) is 0. The van der Waals surface area contributed by atoms with Gasteiger partial charge in [0.05, 0.1) is 24.8 Å². The molecule has 5 heteroatoms. The molecule has 20 heavy (non-hydrogen) atoms. The van der Waals surface area contributed by atoms with Gasteiger partial charge in [0.1, 0.15) is 0 Å². The topological polar surface area (TPSA) is 81.0 Å². The van der Waals surface area contributed by atoms with Crippen LogP contribution >= 0.6 is 0 Å². The Hall–Kier alpha value is -1.43. The van der Waals surface area contributed by atoms with Gasteiger partial charge in [-0.3, -0.25) is 4.90 Å². The summed E-state index contributed by atoms with van der Waals surface area (Å²) in [6.45, 7) is 1.73. The van der Waals surface area contributed by atoms with Crippen molar-refractivity contribution in [1.82, 2.24) is 4.90 Å². The third-order valence-electron chi connectivity index (χ3n) is 3.98. The number of hydrogen-bond acceptors (Lipinski definition) is 4. The van der Waals surface area contributed by atoms with Crippen molar-refractivity contribution in [1.29, 1.82) is 0 Å². The van der Waals surface area contributed by atoms with E-state index in [1.54, 1.807) is 12.1 Å². The number of nitrogens with zero attached hydrogens (tertiary/aromatic N) is 1. The van der Waals surface area contributed by atoms with Crippen LogP contribution in [0.2, 0.25) is 0 Å². The smallest absolute Gasteiger partial charge is 0.335 e. The predicted molar refractivity (Wildman–Crippen MR) is 74.7 cm³/mol. The molecule has 0 amide bonds. The molecule has 1 heterocycles. The van der Waals surface area contributed by atoms with Crippen LogP contribution in [0, 0.1) is 5.92 Å². The molecule has 1 unspecified atom stereocenters. The first-order valence-corrected chi connectivity index (χ1v) is 6.92. The standard InChI is InChI=1S/C15H21NO4/c17-9-14(10-18)16-6-5-12(8-16)7-11-1-3-13(4-2-11)15(19)20/h1-4,12,14,17-18H,5-10H2,(H,19,20). The summed E-state index contributed by atoms with van der Waals surface area (Å²) in [5.41, 5.74) is 1.44. The normalized spacial score (nSPS) is 19.6. The Morgan fingerprint density at radius 1 is 1.25 bits per heavy atom. The summed E-state index contributed by atoms with van der Waals surface area (Å²) >= 11 is 0. The molecule has 1 aliphatic rings. The van der Waals surface area contributed by atoms with Crippen molar-refractivity contribution in [2.24, 2.45) is 5.92 Å². The fourth-order valence-corrected chi connectivity index (χ4v) is 2.77. The Bertz CT molecular complexity index is 442. The van der Waals surface area contributed by atoms with Crippen LogP contribution < -0.4 is 0 Å². The van der Waals surface area contributed by atoms with Gasteiger partial charge in [0.2, 0.25) is 0 Å². The molecule has 1 aromatic rings. The summed E-state index contributed by atoms with van der Waals surface area (Å²) < 4.78 is 0. The number of aromatic carboxylic acids is 1. The molecule has 1 saturated heterocycles. The Balaban J connectivity index is 1.90. The van der Waals surface area contributed by atoms with Gasteiger partial charge in [0.25, 0.3) is 0 Å². The second-order valence-corrected chi connectivity index (χ2v) is 5.37. The zero-order valence-electron chi connectivity index (χ0n) is 11.4. The van der Waals surface area contributed by atoms with E-state index >= 15 is 0 Å². The number of carboxylic acids is 1. The molecule has 1 aliphatic heterocycles. The number of rotatable bonds is 6. The summed E-state index contributed by atoms with van der Waals surface area (Å²) in [5.74, 6) is -0.413. The van der Waals surface area contributed by atoms with E-state index in [9.17, 15) is 15.0 Å². The first-order chi connectivity index (χ1) is 9.63. The van der Waals surface area contributed by atoms with Crippen molar-refractivity contribution in [2.75, 3.05) is 26.3 Å². The van der Waals surface area contributed by atoms with Crippen LogP contribution in [-0.4, -0.2) is 58.5 Å². The monoisotopic (exact) mass is 279 g/mol. The number of carbonyl (C=O) groups is 1. The second kappa shape index (κ2) is 6.83. The number of likely N-dealkylation sites (tertiary alicyclic amines) is 1. The van der Waals surface area contributed by atoms with Crippen molar-refractivity contribution >= 4 is 5.97 Å². The lowest BCUT2D eigenvalue weighted by atomic mass is 9.98. The molecule has 3 N–H and O–H groups in total. The molecule has 110 valence electrons. The van der Waals surface area contributed by atoms with Gasteiger partial charge < -0.3 is 15.3 Å². The minimum atomic E-state index is -0.905. The Labute approximate surface area is 118 Å². The van der Waals surface area contributed by atoms with Gasteiger partial charge >= 0.3 is 5.97 Å². The Kier molecular flexibility index (Phi) is 5.11. The van der Waals surface area contributed by atoms with Crippen LogP contribution in [0.15, 0.2) is 24.3 Å². The van der Waals surface area contributed by atoms with E-state index in [0.29, 0.717) is 11.5 Å². The average molecular weight is 279 g/mol. The van der Waals surface area contributed by atoms with Crippen LogP contribution in [0.25, 0.3) is 0 Å². The zero-order chi connectivity index (χ0) is 14.5. The fourth-order valence-electron chi connectivity index (χ4n) is 2.77. The molecule has 1 aromatic carbocycles. The largest absolute Gasteiger partial charge is 0.478 e. The summed E-state index contributed by atoms with van der Waals surface area (Å²) in [6.07, 6.45) is 1.94. The van der Waals surface area contributed by atoms with Crippen LogP contribution in [0.4, 0.5) is 0 Å². The SMILES string of the molecule is O=C(O)c1ccc(CC2CCN(C(CO)CO)C2)cc1. The average Bonchev–Trinajstić information content (AvgIpc) is 2.89. The van der Waals surface area contributed by atoms with E-state index in [1.165, 1.54) is 0 Å². The van der Waals surface area contributed by atoms with Gasteiger partial charge in [-0.25, -0.2) is 4.79 Å². The van der Waals surface area contributed by atoms with Gasteiger partial charge in [0, 0.05) is 6.54 Å².